The van der Waals surface area contributed by atoms with E-state index in [1.54, 1.807) is 0 Å². The molecule has 1 aliphatic carbocycles. The average Bonchev–Trinajstić information content (AvgIpc) is 2.40. The van der Waals surface area contributed by atoms with E-state index in [-0.39, 0.29) is 6.09 Å². The fourth-order valence-corrected chi connectivity index (χ4v) is 3.17. The zero-order valence-electron chi connectivity index (χ0n) is 13.7. The Kier molecular flexibility index (Phi) is 5.49. The third-order valence-corrected chi connectivity index (χ3v) is 4.39. The summed E-state index contributed by atoms with van der Waals surface area (Å²) >= 11 is 0. The van der Waals surface area contributed by atoms with Crippen LogP contribution < -0.4 is 11.1 Å². The molecule has 0 radical (unpaired) electrons. The Morgan fingerprint density at radius 1 is 1.05 bits per heavy atom. The Labute approximate surface area is 128 Å². The minimum atomic E-state index is -0.410. The van der Waals surface area contributed by atoms with E-state index in [4.69, 9.17) is 10.5 Å². The van der Waals surface area contributed by atoms with Gasteiger partial charge < -0.3 is 20.7 Å². The summed E-state index contributed by atoms with van der Waals surface area (Å²) < 4.78 is 5.43. The number of hydrogen-bond acceptors (Lipinski definition) is 4. The number of nitrogens with one attached hydrogen (secondary N) is 1. The van der Waals surface area contributed by atoms with Gasteiger partial charge in [-0.15, -0.1) is 0 Å². The molecule has 1 saturated heterocycles. The van der Waals surface area contributed by atoms with Crippen molar-refractivity contribution in [1.29, 1.82) is 0 Å². The fourth-order valence-electron chi connectivity index (χ4n) is 3.17. The average molecular weight is 297 g/mol. The molecule has 1 heterocycles. The van der Waals surface area contributed by atoms with Gasteiger partial charge in [-0.05, 0) is 59.3 Å². The number of hydrogen-bond donors (Lipinski definition) is 2. The summed E-state index contributed by atoms with van der Waals surface area (Å²) in [5.74, 6) is 0. The predicted octanol–water partition coefficient (Wildman–Crippen LogP) is 2.25. The number of amides is 1. The molecule has 0 aromatic heterocycles. The molecule has 2 aliphatic rings. The zero-order chi connectivity index (χ0) is 15.5. The molecular formula is C16H31N3O2. The second kappa shape index (κ2) is 6.97. The van der Waals surface area contributed by atoms with Crippen LogP contribution in [-0.2, 0) is 4.74 Å². The van der Waals surface area contributed by atoms with Gasteiger partial charge >= 0.3 is 6.09 Å². The quantitative estimate of drug-likeness (QED) is 0.820. The first-order valence-electron chi connectivity index (χ1n) is 8.33. The fraction of sp³-hybridized carbons (Fsp3) is 0.938. The molecule has 0 atom stereocenters. The number of rotatable bonds is 2. The molecule has 0 unspecified atom stereocenters. The van der Waals surface area contributed by atoms with Crippen LogP contribution in [0.2, 0.25) is 0 Å². The van der Waals surface area contributed by atoms with Crippen molar-refractivity contribution in [3.63, 3.8) is 0 Å². The van der Waals surface area contributed by atoms with E-state index in [0.717, 1.165) is 38.8 Å². The number of nitrogens with zero attached hydrogens (tertiary/aromatic N) is 1. The Morgan fingerprint density at radius 3 is 2.10 bits per heavy atom. The summed E-state index contributed by atoms with van der Waals surface area (Å²) in [5.41, 5.74) is 5.54. The second-order valence-electron chi connectivity index (χ2n) is 7.52. The summed E-state index contributed by atoms with van der Waals surface area (Å²) in [5, 5.41) is 3.75. The van der Waals surface area contributed by atoms with Crippen LogP contribution in [0.25, 0.3) is 0 Å². The van der Waals surface area contributed by atoms with Gasteiger partial charge in [-0.25, -0.2) is 4.79 Å². The third-order valence-electron chi connectivity index (χ3n) is 4.39. The lowest BCUT2D eigenvalue weighted by atomic mass is 9.90. The molecule has 5 heteroatoms. The van der Waals surface area contributed by atoms with Crippen molar-refractivity contribution in [3.05, 3.63) is 0 Å². The zero-order valence-corrected chi connectivity index (χ0v) is 13.7. The predicted molar refractivity (Wildman–Crippen MR) is 84.2 cm³/mol. The lowest BCUT2D eigenvalue weighted by Gasteiger charge is -2.36. The van der Waals surface area contributed by atoms with Crippen LogP contribution in [0.1, 0.15) is 59.3 Å². The molecule has 0 aromatic carbocycles. The summed E-state index contributed by atoms with van der Waals surface area (Å²) in [7, 11) is 0. The van der Waals surface area contributed by atoms with Crippen molar-refractivity contribution in [3.8, 4) is 0 Å². The van der Waals surface area contributed by atoms with E-state index in [1.807, 2.05) is 25.7 Å². The SMILES string of the molecule is CC(C)(C)OC(=O)N1CCC(N[C@H]2CC[C@H](N)CC2)CC1. The van der Waals surface area contributed by atoms with Crippen LogP contribution in [0.3, 0.4) is 0 Å². The van der Waals surface area contributed by atoms with Crippen LogP contribution in [-0.4, -0.2) is 47.8 Å². The molecule has 122 valence electrons. The molecule has 3 N–H and O–H groups in total. The molecule has 5 nitrogen and oxygen atoms in total. The summed E-state index contributed by atoms with van der Waals surface area (Å²) in [6, 6.07) is 1.54. The van der Waals surface area contributed by atoms with Crippen LogP contribution in [0, 0.1) is 0 Å². The van der Waals surface area contributed by atoms with Crippen molar-refractivity contribution in [2.75, 3.05) is 13.1 Å². The molecule has 0 bridgehead atoms. The van der Waals surface area contributed by atoms with Crippen molar-refractivity contribution < 1.29 is 9.53 Å². The summed E-state index contributed by atoms with van der Waals surface area (Å²) in [4.78, 5) is 13.8. The van der Waals surface area contributed by atoms with Gasteiger partial charge in [0.2, 0.25) is 0 Å². The number of nitrogens with two attached hydrogens (primary N) is 1. The highest BCUT2D eigenvalue weighted by atomic mass is 16.6. The van der Waals surface area contributed by atoms with E-state index in [0.29, 0.717) is 18.1 Å². The van der Waals surface area contributed by atoms with Crippen LogP contribution >= 0.6 is 0 Å². The normalized spacial score (nSPS) is 28.5. The van der Waals surface area contributed by atoms with Gasteiger partial charge in [0.15, 0.2) is 0 Å². The second-order valence-corrected chi connectivity index (χ2v) is 7.52. The largest absolute Gasteiger partial charge is 0.444 e. The van der Waals surface area contributed by atoms with E-state index in [2.05, 4.69) is 5.32 Å². The van der Waals surface area contributed by atoms with Crippen LogP contribution in [0.4, 0.5) is 4.79 Å². The molecular weight excluding hydrogens is 266 g/mol. The van der Waals surface area contributed by atoms with E-state index in [1.165, 1.54) is 12.8 Å². The number of piperidine rings is 1. The van der Waals surface area contributed by atoms with Crippen molar-refractivity contribution in [2.45, 2.75) is 83.0 Å². The van der Waals surface area contributed by atoms with Gasteiger partial charge in [0, 0.05) is 31.2 Å². The molecule has 1 saturated carbocycles. The topological polar surface area (TPSA) is 67.6 Å². The van der Waals surface area contributed by atoms with E-state index in [9.17, 15) is 4.79 Å². The number of carbonyl (C=O) groups is 1. The summed E-state index contributed by atoms with van der Waals surface area (Å²) in [6.07, 6.45) is 6.50. The number of carbonyl (C=O) groups excluding carboxylic acids is 1. The maximum atomic E-state index is 12.0. The Morgan fingerprint density at radius 2 is 1.57 bits per heavy atom. The first kappa shape index (κ1) is 16.6. The van der Waals surface area contributed by atoms with Crippen molar-refractivity contribution >= 4 is 6.09 Å². The third kappa shape index (κ3) is 5.47. The maximum Gasteiger partial charge on any atom is 0.410 e. The highest BCUT2D eigenvalue weighted by molar-refractivity contribution is 5.68. The molecule has 1 aliphatic heterocycles. The standard InChI is InChI=1S/C16H31N3O2/c1-16(2,3)21-15(20)19-10-8-14(9-11-19)18-13-6-4-12(17)5-7-13/h12-14,18H,4-11,17H2,1-3H3/t12-,13-. The maximum absolute atomic E-state index is 12.0. The molecule has 0 spiro atoms. The first-order valence-corrected chi connectivity index (χ1v) is 8.33. The van der Waals surface area contributed by atoms with Crippen molar-refractivity contribution in [2.24, 2.45) is 5.73 Å². The van der Waals surface area contributed by atoms with E-state index < -0.39 is 5.60 Å². The highest BCUT2D eigenvalue weighted by Gasteiger charge is 2.28. The molecule has 2 fully saturated rings. The molecule has 2 rings (SSSR count). The van der Waals surface area contributed by atoms with Gasteiger partial charge in [-0.2, -0.15) is 0 Å². The first-order chi connectivity index (χ1) is 9.83. The van der Waals surface area contributed by atoms with E-state index >= 15 is 0 Å². The van der Waals surface area contributed by atoms with Gasteiger partial charge in [0.1, 0.15) is 5.60 Å². The molecule has 21 heavy (non-hydrogen) atoms. The van der Waals surface area contributed by atoms with Gasteiger partial charge in [0.05, 0.1) is 0 Å². The monoisotopic (exact) mass is 297 g/mol. The molecule has 1 amide bonds. The van der Waals surface area contributed by atoms with Crippen LogP contribution in [0.15, 0.2) is 0 Å². The van der Waals surface area contributed by atoms with Crippen LogP contribution in [0.5, 0.6) is 0 Å². The Bertz CT molecular complexity index is 338. The Balaban J connectivity index is 1.69. The highest BCUT2D eigenvalue weighted by Crippen LogP contribution is 2.20. The minimum absolute atomic E-state index is 0.176. The lowest BCUT2D eigenvalue weighted by molar-refractivity contribution is 0.0194. The smallest absolute Gasteiger partial charge is 0.410 e. The van der Waals surface area contributed by atoms with Gasteiger partial charge in [-0.3, -0.25) is 0 Å². The van der Waals surface area contributed by atoms with Gasteiger partial charge in [-0.1, -0.05) is 0 Å². The number of ether oxygens (including phenoxy) is 1. The lowest BCUT2D eigenvalue weighted by Crippen LogP contribution is -2.49. The minimum Gasteiger partial charge on any atom is -0.444 e. The molecule has 0 aromatic rings. The Hall–Kier alpha value is -0.810. The number of likely N-dealkylation sites (tertiary alicyclic amines) is 1. The van der Waals surface area contributed by atoms with Crippen molar-refractivity contribution in [1.82, 2.24) is 10.2 Å². The summed E-state index contributed by atoms with van der Waals surface area (Å²) in [6.45, 7) is 7.31. The van der Waals surface area contributed by atoms with Gasteiger partial charge in [0.25, 0.3) is 0 Å².